The Morgan fingerprint density at radius 1 is 1.26 bits per heavy atom. The zero-order chi connectivity index (χ0) is 13.6. The molecule has 1 nitrogen and oxygen atoms in total. The van der Waals surface area contributed by atoms with Crippen LogP contribution in [0.5, 0.6) is 0 Å². The van der Waals surface area contributed by atoms with Crippen LogP contribution in [0, 0.1) is 0 Å². The van der Waals surface area contributed by atoms with E-state index in [0.717, 1.165) is 31.0 Å². The molecule has 0 aromatic heterocycles. The molecule has 110 valence electrons. The third-order valence-corrected chi connectivity index (χ3v) is 2.82. The number of unbranched alkanes of at least 4 members (excludes halogenated alkanes) is 1. The van der Waals surface area contributed by atoms with E-state index in [9.17, 15) is 13.2 Å². The smallest absolute Gasteiger partial charge is 0.314 e. The molecule has 0 saturated carbocycles. The zero-order valence-electron chi connectivity index (χ0n) is 11.3. The van der Waals surface area contributed by atoms with Crippen molar-refractivity contribution in [3.63, 3.8) is 0 Å². The van der Waals surface area contributed by atoms with E-state index in [2.05, 4.69) is 12.2 Å². The molecule has 0 heterocycles. The van der Waals surface area contributed by atoms with E-state index in [1.54, 1.807) is 6.07 Å². The van der Waals surface area contributed by atoms with Gasteiger partial charge in [0.2, 0.25) is 0 Å². The third-order valence-electron chi connectivity index (χ3n) is 2.82. The lowest BCUT2D eigenvalue weighted by Gasteiger charge is -2.15. The predicted molar refractivity (Wildman–Crippen MR) is 74.8 cm³/mol. The third kappa shape index (κ3) is 6.83. The second-order valence-corrected chi connectivity index (χ2v) is 4.61. The van der Waals surface area contributed by atoms with Gasteiger partial charge in [-0.15, -0.1) is 12.4 Å². The quantitative estimate of drug-likeness (QED) is 0.765. The van der Waals surface area contributed by atoms with Gasteiger partial charge in [0.05, 0.1) is 5.56 Å². The van der Waals surface area contributed by atoms with E-state index < -0.39 is 11.7 Å². The average molecular weight is 296 g/mol. The van der Waals surface area contributed by atoms with E-state index >= 15 is 0 Å². The van der Waals surface area contributed by atoms with E-state index in [1.807, 2.05) is 6.92 Å². The molecule has 1 N–H and O–H groups in total. The molecule has 0 fully saturated rings. The molecule has 1 aromatic rings. The normalized spacial score (nSPS) is 12.9. The van der Waals surface area contributed by atoms with Gasteiger partial charge < -0.3 is 5.32 Å². The van der Waals surface area contributed by atoms with Crippen molar-refractivity contribution in [1.29, 1.82) is 0 Å². The summed E-state index contributed by atoms with van der Waals surface area (Å²) in [6.45, 7) is 5.02. The molecule has 1 unspecified atom stereocenters. The first-order valence-electron chi connectivity index (χ1n) is 6.33. The molecule has 1 atom stereocenters. The molecule has 0 radical (unpaired) electrons. The molecule has 1 aromatic carbocycles. The lowest BCUT2D eigenvalue weighted by molar-refractivity contribution is -0.137. The van der Waals surface area contributed by atoms with Gasteiger partial charge in [0.15, 0.2) is 0 Å². The van der Waals surface area contributed by atoms with Crippen LogP contribution in [0.3, 0.4) is 0 Å². The standard InChI is InChI=1S/C14H20F3N.ClH/c1-3-4-8-18-11(2)9-12-6-5-7-13(10-12)14(15,16)17;/h5-7,10-11,18H,3-4,8-9H2,1-2H3;1H. The lowest BCUT2D eigenvalue weighted by atomic mass is 10.0. The van der Waals surface area contributed by atoms with Crippen LogP contribution in [0.1, 0.15) is 37.8 Å². The number of nitrogens with one attached hydrogen (secondary N) is 1. The Labute approximate surface area is 119 Å². The Kier molecular flexibility index (Phi) is 8.11. The maximum absolute atomic E-state index is 12.5. The first-order chi connectivity index (χ1) is 8.43. The van der Waals surface area contributed by atoms with Crippen LogP contribution in [0.25, 0.3) is 0 Å². The highest BCUT2D eigenvalue weighted by atomic mass is 35.5. The summed E-state index contributed by atoms with van der Waals surface area (Å²) in [5.74, 6) is 0. The maximum Gasteiger partial charge on any atom is 0.416 e. The first kappa shape index (κ1) is 18.3. The summed E-state index contributed by atoms with van der Waals surface area (Å²) in [5, 5.41) is 3.31. The SMILES string of the molecule is CCCCNC(C)Cc1cccc(C(F)(F)F)c1.Cl. The molecule has 0 bridgehead atoms. The van der Waals surface area contributed by atoms with Crippen LogP contribution in [0.4, 0.5) is 13.2 Å². The zero-order valence-corrected chi connectivity index (χ0v) is 12.1. The Morgan fingerprint density at radius 3 is 2.53 bits per heavy atom. The average Bonchev–Trinajstić information content (AvgIpc) is 2.28. The van der Waals surface area contributed by atoms with Crippen LogP contribution >= 0.6 is 12.4 Å². The van der Waals surface area contributed by atoms with E-state index in [-0.39, 0.29) is 18.4 Å². The van der Waals surface area contributed by atoms with Gasteiger partial charge in [-0.05, 0) is 37.9 Å². The van der Waals surface area contributed by atoms with Gasteiger partial charge in [-0.2, -0.15) is 13.2 Å². The summed E-state index contributed by atoms with van der Waals surface area (Å²) in [7, 11) is 0. The van der Waals surface area contributed by atoms with Crippen molar-refractivity contribution in [3.8, 4) is 0 Å². The second-order valence-electron chi connectivity index (χ2n) is 4.61. The van der Waals surface area contributed by atoms with E-state index in [4.69, 9.17) is 0 Å². The Hall–Kier alpha value is -0.740. The summed E-state index contributed by atoms with van der Waals surface area (Å²) in [6, 6.07) is 5.75. The fourth-order valence-corrected chi connectivity index (χ4v) is 1.83. The number of alkyl halides is 3. The minimum absolute atomic E-state index is 0. The Morgan fingerprint density at radius 2 is 1.95 bits per heavy atom. The van der Waals surface area contributed by atoms with Crippen LogP contribution in [0.2, 0.25) is 0 Å². The van der Waals surface area contributed by atoms with Crippen molar-refractivity contribution in [2.24, 2.45) is 0 Å². The van der Waals surface area contributed by atoms with Crippen LogP contribution in [-0.2, 0) is 12.6 Å². The van der Waals surface area contributed by atoms with E-state index in [1.165, 1.54) is 12.1 Å². The monoisotopic (exact) mass is 295 g/mol. The molecule has 0 amide bonds. The van der Waals surface area contributed by atoms with Crippen molar-refractivity contribution in [2.75, 3.05) is 6.54 Å². The van der Waals surface area contributed by atoms with Crippen LogP contribution in [0.15, 0.2) is 24.3 Å². The number of hydrogen-bond acceptors (Lipinski definition) is 1. The summed E-state index contributed by atoms with van der Waals surface area (Å²) in [5.41, 5.74) is 0.155. The largest absolute Gasteiger partial charge is 0.416 e. The summed E-state index contributed by atoms with van der Waals surface area (Å²) in [4.78, 5) is 0. The van der Waals surface area contributed by atoms with Gasteiger partial charge in [-0.25, -0.2) is 0 Å². The topological polar surface area (TPSA) is 12.0 Å². The highest BCUT2D eigenvalue weighted by Crippen LogP contribution is 2.29. The van der Waals surface area contributed by atoms with Crippen molar-refractivity contribution < 1.29 is 13.2 Å². The van der Waals surface area contributed by atoms with Gasteiger partial charge in [0, 0.05) is 6.04 Å². The van der Waals surface area contributed by atoms with Crippen LogP contribution in [-0.4, -0.2) is 12.6 Å². The fraction of sp³-hybridized carbons (Fsp3) is 0.571. The first-order valence-corrected chi connectivity index (χ1v) is 6.33. The van der Waals surface area contributed by atoms with Gasteiger partial charge in [-0.1, -0.05) is 31.5 Å². The summed E-state index contributed by atoms with van der Waals surface area (Å²) >= 11 is 0. The van der Waals surface area contributed by atoms with Crippen LogP contribution < -0.4 is 5.32 Å². The predicted octanol–water partition coefficient (Wildman–Crippen LogP) is 4.45. The number of rotatable bonds is 6. The van der Waals surface area contributed by atoms with Gasteiger partial charge in [0.25, 0.3) is 0 Å². The van der Waals surface area contributed by atoms with Crippen molar-refractivity contribution in [1.82, 2.24) is 5.32 Å². The molecular formula is C14H21ClF3N. The Balaban J connectivity index is 0.00000324. The molecule has 0 aliphatic carbocycles. The fourth-order valence-electron chi connectivity index (χ4n) is 1.83. The molecule has 0 aliphatic heterocycles. The molecule has 0 spiro atoms. The molecular weight excluding hydrogens is 275 g/mol. The molecule has 1 rings (SSSR count). The molecule has 0 saturated heterocycles. The highest BCUT2D eigenvalue weighted by molar-refractivity contribution is 5.85. The van der Waals surface area contributed by atoms with Crippen molar-refractivity contribution in [2.45, 2.75) is 45.3 Å². The van der Waals surface area contributed by atoms with Gasteiger partial charge in [0.1, 0.15) is 0 Å². The van der Waals surface area contributed by atoms with Gasteiger partial charge >= 0.3 is 6.18 Å². The highest BCUT2D eigenvalue weighted by Gasteiger charge is 2.30. The van der Waals surface area contributed by atoms with Crippen molar-refractivity contribution in [3.05, 3.63) is 35.4 Å². The summed E-state index contributed by atoms with van der Waals surface area (Å²) < 4.78 is 37.6. The number of benzene rings is 1. The van der Waals surface area contributed by atoms with Crippen molar-refractivity contribution >= 4 is 12.4 Å². The molecule has 0 aliphatic rings. The maximum atomic E-state index is 12.5. The number of hydrogen-bond donors (Lipinski definition) is 1. The van der Waals surface area contributed by atoms with Gasteiger partial charge in [-0.3, -0.25) is 0 Å². The molecule has 19 heavy (non-hydrogen) atoms. The van der Waals surface area contributed by atoms with E-state index in [0.29, 0.717) is 6.42 Å². The lowest BCUT2D eigenvalue weighted by Crippen LogP contribution is -2.29. The second kappa shape index (κ2) is 8.43. The minimum Gasteiger partial charge on any atom is -0.314 e. The Bertz CT molecular complexity index is 366. The minimum atomic E-state index is -4.26. The molecule has 5 heteroatoms. The number of halogens is 4. The summed E-state index contributed by atoms with van der Waals surface area (Å²) in [6.07, 6.45) is -1.43.